The summed E-state index contributed by atoms with van der Waals surface area (Å²) in [5.41, 5.74) is 1.79. The van der Waals surface area contributed by atoms with E-state index in [9.17, 15) is 13.0 Å². The zero-order valence-corrected chi connectivity index (χ0v) is 14.3. The zero-order valence-electron chi connectivity index (χ0n) is 11.4. The Kier molecular flexibility index (Phi) is 5.59. The van der Waals surface area contributed by atoms with E-state index in [4.69, 9.17) is 0 Å². The van der Waals surface area contributed by atoms with E-state index in [0.717, 1.165) is 17.2 Å². The third-order valence-corrected chi connectivity index (χ3v) is 4.06. The van der Waals surface area contributed by atoms with Crippen molar-refractivity contribution < 1.29 is 42.5 Å². The molecule has 0 heterocycles. The molecular formula is C14H15NaO3S. The first-order valence-electron chi connectivity index (χ1n) is 5.97. The molecule has 0 bridgehead atoms. The Hall–Kier alpha value is -0.390. The molecule has 2 rings (SSSR count). The smallest absolute Gasteiger partial charge is 0.744 e. The Morgan fingerprint density at radius 1 is 1.00 bits per heavy atom. The van der Waals surface area contributed by atoms with Gasteiger partial charge in [0.15, 0.2) is 0 Å². The molecule has 0 amide bonds. The summed E-state index contributed by atoms with van der Waals surface area (Å²) in [6, 6.07) is 9.14. The SMILES string of the molecule is CCc1ccc2cc(S(=O)(=O)[O-])c(CC)cc2c1.[Na+]. The van der Waals surface area contributed by atoms with Gasteiger partial charge in [0.25, 0.3) is 0 Å². The molecule has 96 valence electrons. The Labute approximate surface area is 136 Å². The molecule has 0 saturated carbocycles. The molecule has 0 atom stereocenters. The van der Waals surface area contributed by atoms with Crippen molar-refractivity contribution in [1.29, 1.82) is 0 Å². The maximum Gasteiger partial charge on any atom is 1.00 e. The second-order valence-corrected chi connectivity index (χ2v) is 5.65. The molecule has 3 nitrogen and oxygen atoms in total. The fraction of sp³-hybridized carbons (Fsp3) is 0.286. The summed E-state index contributed by atoms with van der Waals surface area (Å²) in [6.07, 6.45) is 1.46. The Morgan fingerprint density at radius 2 is 1.68 bits per heavy atom. The van der Waals surface area contributed by atoms with Crippen LogP contribution in [0, 0.1) is 0 Å². The van der Waals surface area contributed by atoms with Crippen molar-refractivity contribution in [2.45, 2.75) is 31.6 Å². The van der Waals surface area contributed by atoms with Gasteiger partial charge in [-0.2, -0.15) is 0 Å². The van der Waals surface area contributed by atoms with Crippen LogP contribution in [0.25, 0.3) is 10.8 Å². The molecule has 0 aliphatic rings. The average molecular weight is 286 g/mol. The van der Waals surface area contributed by atoms with Crippen LogP contribution in [0.4, 0.5) is 0 Å². The van der Waals surface area contributed by atoms with Gasteiger partial charge >= 0.3 is 29.6 Å². The number of hydrogen-bond acceptors (Lipinski definition) is 3. The molecule has 0 saturated heterocycles. The fourth-order valence-electron chi connectivity index (χ4n) is 2.10. The third-order valence-electron chi connectivity index (χ3n) is 3.14. The standard InChI is InChI=1S/C14H16O3S.Na/c1-3-10-5-6-12-9-14(18(15,16)17)11(4-2)8-13(12)7-10;/h5-9H,3-4H2,1-2H3,(H,15,16,17);/q;+1/p-1. The van der Waals surface area contributed by atoms with Gasteiger partial charge in [-0.15, -0.1) is 0 Å². The number of benzene rings is 2. The van der Waals surface area contributed by atoms with Gasteiger partial charge in [-0.05, 0) is 46.9 Å². The van der Waals surface area contributed by atoms with Gasteiger partial charge in [0.2, 0.25) is 0 Å². The minimum absolute atomic E-state index is 0. The van der Waals surface area contributed by atoms with E-state index >= 15 is 0 Å². The molecule has 19 heavy (non-hydrogen) atoms. The minimum Gasteiger partial charge on any atom is -0.744 e. The Balaban J connectivity index is 0.00000180. The van der Waals surface area contributed by atoms with Crippen molar-refractivity contribution in [3.05, 3.63) is 41.5 Å². The van der Waals surface area contributed by atoms with Crippen LogP contribution in [0.15, 0.2) is 35.2 Å². The second kappa shape index (κ2) is 6.37. The van der Waals surface area contributed by atoms with Gasteiger partial charge in [0.05, 0.1) is 4.90 Å². The van der Waals surface area contributed by atoms with Gasteiger partial charge < -0.3 is 4.55 Å². The summed E-state index contributed by atoms with van der Waals surface area (Å²) < 4.78 is 33.7. The van der Waals surface area contributed by atoms with Crippen molar-refractivity contribution >= 4 is 20.9 Å². The van der Waals surface area contributed by atoms with Crippen LogP contribution < -0.4 is 29.6 Å². The van der Waals surface area contributed by atoms with Crippen molar-refractivity contribution in [3.63, 3.8) is 0 Å². The quantitative estimate of drug-likeness (QED) is 0.583. The normalized spacial score (nSPS) is 11.3. The predicted molar refractivity (Wildman–Crippen MR) is 70.7 cm³/mol. The van der Waals surface area contributed by atoms with Gasteiger partial charge in [-0.3, -0.25) is 0 Å². The van der Waals surface area contributed by atoms with Gasteiger partial charge in [0, 0.05) is 0 Å². The molecule has 2 aromatic carbocycles. The predicted octanol–water partition coefficient (Wildman–Crippen LogP) is -0.127. The zero-order chi connectivity index (χ0) is 13.3. The van der Waals surface area contributed by atoms with Crippen LogP contribution in [0.5, 0.6) is 0 Å². The number of rotatable bonds is 3. The first kappa shape index (κ1) is 16.7. The molecule has 2 aromatic rings. The van der Waals surface area contributed by atoms with Crippen LogP contribution in [0.1, 0.15) is 25.0 Å². The first-order valence-corrected chi connectivity index (χ1v) is 7.38. The Morgan fingerprint density at radius 3 is 2.21 bits per heavy atom. The summed E-state index contributed by atoms with van der Waals surface area (Å²) in [6.45, 7) is 3.91. The largest absolute Gasteiger partial charge is 1.00 e. The van der Waals surface area contributed by atoms with Crippen LogP contribution in [0.2, 0.25) is 0 Å². The summed E-state index contributed by atoms with van der Waals surface area (Å²) in [7, 11) is -4.40. The van der Waals surface area contributed by atoms with Crippen LogP contribution in [0.3, 0.4) is 0 Å². The van der Waals surface area contributed by atoms with Crippen molar-refractivity contribution in [3.8, 4) is 0 Å². The van der Waals surface area contributed by atoms with E-state index < -0.39 is 10.1 Å². The Bertz CT molecular complexity index is 693. The number of hydrogen-bond donors (Lipinski definition) is 0. The molecule has 0 spiro atoms. The van der Waals surface area contributed by atoms with E-state index in [1.54, 1.807) is 6.07 Å². The summed E-state index contributed by atoms with van der Waals surface area (Å²) >= 11 is 0. The van der Waals surface area contributed by atoms with Gasteiger partial charge in [-0.1, -0.05) is 32.0 Å². The van der Waals surface area contributed by atoms with E-state index in [-0.39, 0.29) is 34.5 Å². The summed E-state index contributed by atoms with van der Waals surface area (Å²) in [5.74, 6) is 0. The fourth-order valence-corrected chi connectivity index (χ4v) is 2.90. The number of fused-ring (bicyclic) bond motifs is 1. The van der Waals surface area contributed by atoms with Gasteiger partial charge in [-0.25, -0.2) is 8.42 Å². The van der Waals surface area contributed by atoms with E-state index in [1.165, 1.54) is 11.6 Å². The van der Waals surface area contributed by atoms with Crippen LogP contribution in [-0.2, 0) is 23.0 Å². The maximum atomic E-state index is 11.2. The van der Waals surface area contributed by atoms with E-state index in [0.29, 0.717) is 12.0 Å². The van der Waals surface area contributed by atoms with Crippen LogP contribution >= 0.6 is 0 Å². The third kappa shape index (κ3) is 3.58. The van der Waals surface area contributed by atoms with Crippen molar-refractivity contribution in [2.24, 2.45) is 0 Å². The monoisotopic (exact) mass is 286 g/mol. The molecule has 0 unspecified atom stereocenters. The molecular weight excluding hydrogens is 271 g/mol. The molecule has 0 aliphatic heterocycles. The minimum atomic E-state index is -4.40. The molecule has 5 heteroatoms. The second-order valence-electron chi connectivity index (χ2n) is 4.30. The average Bonchev–Trinajstić information content (AvgIpc) is 2.35. The molecule has 0 N–H and O–H groups in total. The van der Waals surface area contributed by atoms with Crippen LogP contribution in [-0.4, -0.2) is 13.0 Å². The van der Waals surface area contributed by atoms with Gasteiger partial charge in [0.1, 0.15) is 10.1 Å². The molecule has 0 fully saturated rings. The van der Waals surface area contributed by atoms with Crippen molar-refractivity contribution in [2.75, 3.05) is 0 Å². The van der Waals surface area contributed by atoms with E-state index in [2.05, 4.69) is 6.92 Å². The summed E-state index contributed by atoms with van der Waals surface area (Å²) in [4.78, 5) is -0.0956. The number of aryl methyl sites for hydroxylation is 2. The molecule has 0 aromatic heterocycles. The molecule has 0 radical (unpaired) electrons. The molecule has 0 aliphatic carbocycles. The van der Waals surface area contributed by atoms with Crippen molar-refractivity contribution in [1.82, 2.24) is 0 Å². The maximum absolute atomic E-state index is 11.2. The van der Waals surface area contributed by atoms with E-state index in [1.807, 2.05) is 25.1 Å². The summed E-state index contributed by atoms with van der Waals surface area (Å²) in [5, 5.41) is 1.78. The first-order chi connectivity index (χ1) is 8.45. The topological polar surface area (TPSA) is 57.2 Å².